The van der Waals surface area contributed by atoms with E-state index in [2.05, 4.69) is 10.4 Å². The molecule has 3 rings (SSSR count). The van der Waals surface area contributed by atoms with Gasteiger partial charge in [-0.1, -0.05) is 6.92 Å². The molecule has 2 aromatic carbocycles. The van der Waals surface area contributed by atoms with Crippen LogP contribution >= 0.6 is 0 Å². The molecule has 0 saturated carbocycles. The first-order valence-electron chi connectivity index (χ1n) is 10.0. The number of ether oxygens (including phenoxy) is 2. The molecule has 9 heteroatoms. The zero-order valence-corrected chi connectivity index (χ0v) is 17.6. The maximum Gasteiger partial charge on any atom is 0.338 e. The zero-order chi connectivity index (χ0) is 23.1. The van der Waals surface area contributed by atoms with Gasteiger partial charge in [-0.25, -0.2) is 9.18 Å². The fraction of sp³-hybridized carbons (Fsp3) is 0.217. The lowest BCUT2D eigenvalue weighted by Gasteiger charge is -2.17. The first-order chi connectivity index (χ1) is 15.4. The molecule has 1 N–H and O–H groups in total. The Hall–Kier alpha value is -4.01. The van der Waals surface area contributed by atoms with Crippen molar-refractivity contribution in [3.63, 3.8) is 0 Å². The number of nitrogens with one attached hydrogen (secondary N) is 1. The number of esters is 1. The molecule has 3 aromatic rings. The number of benzene rings is 2. The number of rotatable bonds is 8. The Balaban J connectivity index is 1.71. The Morgan fingerprint density at radius 2 is 1.72 bits per heavy atom. The molecular weight excluding hydrogens is 417 g/mol. The van der Waals surface area contributed by atoms with Crippen molar-refractivity contribution >= 4 is 17.6 Å². The second kappa shape index (κ2) is 10.3. The van der Waals surface area contributed by atoms with Crippen LogP contribution < -0.4 is 15.6 Å². The summed E-state index contributed by atoms with van der Waals surface area (Å²) in [5.74, 6) is -1.24. The Bertz CT molecular complexity index is 1140. The number of aromatic nitrogens is 2. The molecule has 0 aliphatic rings. The van der Waals surface area contributed by atoms with E-state index in [4.69, 9.17) is 9.47 Å². The van der Waals surface area contributed by atoms with Crippen LogP contribution in [0.15, 0.2) is 65.5 Å². The van der Waals surface area contributed by atoms with Crippen LogP contribution in [-0.4, -0.2) is 34.4 Å². The van der Waals surface area contributed by atoms with Crippen LogP contribution in [0.5, 0.6) is 5.88 Å². The predicted molar refractivity (Wildman–Crippen MR) is 116 cm³/mol. The van der Waals surface area contributed by atoms with Gasteiger partial charge in [0.2, 0.25) is 5.88 Å². The molecule has 0 spiro atoms. The number of nitrogens with zero attached hydrogens (tertiary/aromatic N) is 2. The Morgan fingerprint density at radius 3 is 2.34 bits per heavy atom. The molecule has 1 atom stereocenters. The molecule has 1 amide bonds. The van der Waals surface area contributed by atoms with E-state index in [0.29, 0.717) is 23.4 Å². The van der Waals surface area contributed by atoms with Gasteiger partial charge in [-0.15, -0.1) is 5.10 Å². The van der Waals surface area contributed by atoms with Crippen molar-refractivity contribution in [2.75, 3.05) is 11.9 Å². The quantitative estimate of drug-likeness (QED) is 0.541. The number of hydrogen-bond donors (Lipinski definition) is 1. The van der Waals surface area contributed by atoms with Gasteiger partial charge in [-0.2, -0.15) is 4.68 Å². The first kappa shape index (κ1) is 22.7. The van der Waals surface area contributed by atoms with E-state index in [1.54, 1.807) is 38.1 Å². The van der Waals surface area contributed by atoms with Crippen molar-refractivity contribution in [2.45, 2.75) is 26.4 Å². The average molecular weight is 439 g/mol. The maximum absolute atomic E-state index is 13.2. The fourth-order valence-electron chi connectivity index (χ4n) is 2.82. The highest BCUT2D eigenvalue weighted by atomic mass is 19.1. The summed E-state index contributed by atoms with van der Waals surface area (Å²) >= 11 is 0. The number of anilines is 1. The van der Waals surface area contributed by atoms with E-state index in [0.717, 1.165) is 4.68 Å². The van der Waals surface area contributed by atoms with Crippen molar-refractivity contribution < 1.29 is 23.5 Å². The monoisotopic (exact) mass is 439 g/mol. The van der Waals surface area contributed by atoms with E-state index in [1.165, 1.54) is 36.4 Å². The lowest BCUT2D eigenvalue weighted by Crippen LogP contribution is -2.33. The molecule has 0 radical (unpaired) electrons. The van der Waals surface area contributed by atoms with Gasteiger partial charge in [0.15, 0.2) is 6.10 Å². The SMILES string of the molecule is CCOC(=O)c1ccc(NC(=O)C(CC)Oc2ccc(=O)n(-c3ccc(F)cc3)n2)cc1. The lowest BCUT2D eigenvalue weighted by molar-refractivity contribution is -0.123. The minimum absolute atomic E-state index is 0.0635. The van der Waals surface area contributed by atoms with Gasteiger partial charge in [-0.3, -0.25) is 9.59 Å². The summed E-state index contributed by atoms with van der Waals surface area (Å²) in [6, 6.07) is 14.2. The van der Waals surface area contributed by atoms with Crippen LogP contribution in [0, 0.1) is 5.82 Å². The highest BCUT2D eigenvalue weighted by Crippen LogP contribution is 2.15. The van der Waals surface area contributed by atoms with E-state index >= 15 is 0 Å². The highest BCUT2D eigenvalue weighted by Gasteiger charge is 2.20. The van der Waals surface area contributed by atoms with Gasteiger partial charge in [0, 0.05) is 17.8 Å². The van der Waals surface area contributed by atoms with E-state index in [9.17, 15) is 18.8 Å². The summed E-state index contributed by atoms with van der Waals surface area (Å²) in [4.78, 5) is 36.5. The first-order valence-corrected chi connectivity index (χ1v) is 10.0. The van der Waals surface area contributed by atoms with Gasteiger partial charge in [0.05, 0.1) is 17.9 Å². The molecule has 0 fully saturated rings. The van der Waals surface area contributed by atoms with E-state index in [-0.39, 0.29) is 12.5 Å². The summed E-state index contributed by atoms with van der Waals surface area (Å²) in [5.41, 5.74) is 0.791. The maximum atomic E-state index is 13.2. The Morgan fingerprint density at radius 1 is 1.03 bits per heavy atom. The summed E-state index contributed by atoms with van der Waals surface area (Å²) in [6.07, 6.45) is -0.546. The van der Waals surface area contributed by atoms with Crippen molar-refractivity contribution in [3.8, 4) is 11.6 Å². The minimum atomic E-state index is -0.883. The van der Waals surface area contributed by atoms with Gasteiger partial charge >= 0.3 is 5.97 Å². The summed E-state index contributed by atoms with van der Waals surface area (Å²) < 4.78 is 24.9. The normalized spacial score (nSPS) is 11.5. The molecule has 166 valence electrons. The predicted octanol–water partition coefficient (Wildman–Crippen LogP) is 3.34. The molecule has 0 bridgehead atoms. The molecule has 0 aliphatic carbocycles. The minimum Gasteiger partial charge on any atom is -0.463 e. The molecule has 8 nitrogen and oxygen atoms in total. The molecule has 0 saturated heterocycles. The summed E-state index contributed by atoms with van der Waals surface area (Å²) in [7, 11) is 0. The Kier molecular flexibility index (Phi) is 7.33. The molecule has 1 unspecified atom stereocenters. The van der Waals surface area contributed by atoms with Crippen molar-refractivity contribution in [2.24, 2.45) is 0 Å². The van der Waals surface area contributed by atoms with Crippen LogP contribution in [0.2, 0.25) is 0 Å². The molecule has 1 aromatic heterocycles. The van der Waals surface area contributed by atoms with Gasteiger partial charge in [0.25, 0.3) is 11.5 Å². The van der Waals surface area contributed by atoms with Crippen molar-refractivity contribution in [1.82, 2.24) is 9.78 Å². The smallest absolute Gasteiger partial charge is 0.338 e. The van der Waals surface area contributed by atoms with E-state index < -0.39 is 29.4 Å². The second-order valence-electron chi connectivity index (χ2n) is 6.70. The third-order valence-corrected chi connectivity index (χ3v) is 4.44. The number of carbonyl (C=O) groups is 2. The zero-order valence-electron chi connectivity index (χ0n) is 17.6. The number of hydrogen-bond acceptors (Lipinski definition) is 6. The highest BCUT2D eigenvalue weighted by molar-refractivity contribution is 5.95. The van der Waals surface area contributed by atoms with Gasteiger partial charge < -0.3 is 14.8 Å². The third kappa shape index (κ3) is 5.57. The fourth-order valence-corrected chi connectivity index (χ4v) is 2.82. The summed E-state index contributed by atoms with van der Waals surface area (Å²) in [5, 5.41) is 6.85. The van der Waals surface area contributed by atoms with Crippen LogP contribution in [0.4, 0.5) is 10.1 Å². The molecule has 1 heterocycles. The molecule has 32 heavy (non-hydrogen) atoms. The van der Waals surface area contributed by atoms with Gasteiger partial charge in [0.1, 0.15) is 5.82 Å². The van der Waals surface area contributed by atoms with Crippen LogP contribution in [-0.2, 0) is 9.53 Å². The van der Waals surface area contributed by atoms with Gasteiger partial charge in [-0.05, 0) is 61.9 Å². The third-order valence-electron chi connectivity index (χ3n) is 4.44. The van der Waals surface area contributed by atoms with Crippen molar-refractivity contribution in [1.29, 1.82) is 0 Å². The second-order valence-corrected chi connectivity index (χ2v) is 6.70. The number of carbonyl (C=O) groups excluding carboxylic acids is 2. The lowest BCUT2D eigenvalue weighted by atomic mass is 10.2. The molecule has 0 aliphatic heterocycles. The standard InChI is InChI=1S/C23H22FN3O5/c1-3-19(22(29)25-17-9-5-15(6-10-17)23(30)31-4-2)32-20-13-14-21(28)27(26-20)18-11-7-16(24)8-12-18/h5-14,19H,3-4H2,1-2H3,(H,25,29). The van der Waals surface area contributed by atoms with Crippen LogP contribution in [0.25, 0.3) is 5.69 Å². The van der Waals surface area contributed by atoms with Crippen molar-refractivity contribution in [3.05, 3.63) is 82.4 Å². The number of halogens is 1. The average Bonchev–Trinajstić information content (AvgIpc) is 2.79. The topological polar surface area (TPSA) is 99.5 Å². The Labute approximate surface area is 183 Å². The number of amides is 1. The largest absolute Gasteiger partial charge is 0.463 e. The van der Waals surface area contributed by atoms with Crippen LogP contribution in [0.1, 0.15) is 30.6 Å². The van der Waals surface area contributed by atoms with E-state index in [1.807, 2.05) is 0 Å². The van der Waals surface area contributed by atoms with Crippen LogP contribution in [0.3, 0.4) is 0 Å². The molecular formula is C23H22FN3O5. The summed E-state index contributed by atoms with van der Waals surface area (Å²) in [6.45, 7) is 3.76.